The van der Waals surface area contributed by atoms with Gasteiger partial charge in [0.15, 0.2) is 0 Å². The van der Waals surface area contributed by atoms with E-state index in [1.54, 1.807) is 6.92 Å². The van der Waals surface area contributed by atoms with Gasteiger partial charge in [-0.05, 0) is 12.8 Å². The first kappa shape index (κ1) is 8.49. The summed E-state index contributed by atoms with van der Waals surface area (Å²) in [6, 6.07) is 0.285. The molecule has 0 aromatic heterocycles. The van der Waals surface area contributed by atoms with Crippen LogP contribution in [0, 0.1) is 0 Å². The molecular formula is C7H15N3O. The zero-order chi connectivity index (χ0) is 8.27. The summed E-state index contributed by atoms with van der Waals surface area (Å²) in [4.78, 5) is 12.7. The predicted octanol–water partition coefficient (Wildman–Crippen LogP) is -0.539. The van der Waals surface area contributed by atoms with Crippen LogP contribution in [0.4, 0.5) is 0 Å². The second-order valence-corrected chi connectivity index (χ2v) is 2.97. The summed E-state index contributed by atoms with van der Waals surface area (Å²) in [5.74, 6) is 5.42. The summed E-state index contributed by atoms with van der Waals surface area (Å²) in [5.41, 5.74) is 2.69. The molecule has 0 aliphatic carbocycles. The minimum atomic E-state index is 0.143. The molecule has 0 radical (unpaired) electrons. The van der Waals surface area contributed by atoms with Crippen molar-refractivity contribution in [2.75, 3.05) is 13.1 Å². The topological polar surface area (TPSA) is 58.4 Å². The number of carbonyl (C=O) groups excluding carboxylic acids is 1. The molecule has 0 saturated carbocycles. The van der Waals surface area contributed by atoms with E-state index in [1.165, 1.54) is 0 Å². The van der Waals surface area contributed by atoms with Gasteiger partial charge in [-0.1, -0.05) is 0 Å². The lowest BCUT2D eigenvalue weighted by atomic mass is 10.1. The van der Waals surface area contributed by atoms with Gasteiger partial charge in [0.2, 0.25) is 5.91 Å². The number of nitrogens with two attached hydrogens (primary N) is 1. The lowest BCUT2D eigenvalue weighted by Crippen LogP contribution is -2.49. The average Bonchev–Trinajstić information content (AvgIpc) is 2.05. The molecule has 1 rings (SSSR count). The Morgan fingerprint density at radius 3 is 3.00 bits per heavy atom. The quantitative estimate of drug-likeness (QED) is 0.397. The smallest absolute Gasteiger partial charge is 0.219 e. The maximum Gasteiger partial charge on any atom is 0.219 e. The van der Waals surface area contributed by atoms with Crippen LogP contribution in [-0.4, -0.2) is 29.9 Å². The highest BCUT2D eigenvalue weighted by Crippen LogP contribution is 2.08. The molecule has 1 fully saturated rings. The number of hydrazine groups is 1. The fraction of sp³-hybridized carbons (Fsp3) is 0.857. The van der Waals surface area contributed by atoms with Crippen molar-refractivity contribution in [2.45, 2.75) is 25.8 Å². The molecule has 1 amide bonds. The number of carbonyl (C=O) groups is 1. The minimum absolute atomic E-state index is 0.143. The van der Waals surface area contributed by atoms with Gasteiger partial charge in [-0.3, -0.25) is 16.1 Å². The molecule has 0 unspecified atom stereocenters. The van der Waals surface area contributed by atoms with E-state index in [0.29, 0.717) is 0 Å². The van der Waals surface area contributed by atoms with E-state index in [2.05, 4.69) is 5.43 Å². The maximum absolute atomic E-state index is 10.9. The summed E-state index contributed by atoms with van der Waals surface area (Å²) in [5, 5.41) is 0. The summed E-state index contributed by atoms with van der Waals surface area (Å²) in [6.07, 6.45) is 2.12. The molecule has 64 valence electrons. The van der Waals surface area contributed by atoms with Crippen LogP contribution in [0.15, 0.2) is 0 Å². The third-order valence-corrected chi connectivity index (χ3v) is 2.10. The van der Waals surface area contributed by atoms with Gasteiger partial charge in [-0.2, -0.15) is 0 Å². The highest BCUT2D eigenvalue weighted by atomic mass is 16.2. The van der Waals surface area contributed by atoms with Gasteiger partial charge in [0.25, 0.3) is 0 Å². The van der Waals surface area contributed by atoms with Gasteiger partial charge in [0.1, 0.15) is 0 Å². The summed E-state index contributed by atoms with van der Waals surface area (Å²) in [6.45, 7) is 3.23. The maximum atomic E-state index is 10.9. The van der Waals surface area contributed by atoms with Crippen LogP contribution < -0.4 is 11.3 Å². The number of amides is 1. The number of hydrogen-bond acceptors (Lipinski definition) is 3. The van der Waals surface area contributed by atoms with E-state index in [9.17, 15) is 4.79 Å². The normalized spacial score (nSPS) is 25.3. The SMILES string of the molecule is CC(=O)N1CCC[C@H](NN)C1. The van der Waals surface area contributed by atoms with Gasteiger partial charge < -0.3 is 4.90 Å². The van der Waals surface area contributed by atoms with Crippen molar-refractivity contribution in [1.29, 1.82) is 0 Å². The Labute approximate surface area is 66.7 Å². The van der Waals surface area contributed by atoms with Crippen LogP contribution >= 0.6 is 0 Å². The zero-order valence-corrected chi connectivity index (χ0v) is 6.84. The van der Waals surface area contributed by atoms with E-state index in [1.807, 2.05) is 4.90 Å². The van der Waals surface area contributed by atoms with Gasteiger partial charge in [-0.25, -0.2) is 0 Å². The fourth-order valence-electron chi connectivity index (χ4n) is 1.40. The summed E-state index contributed by atoms with van der Waals surface area (Å²) >= 11 is 0. The Morgan fingerprint density at radius 1 is 1.73 bits per heavy atom. The van der Waals surface area contributed by atoms with Crippen molar-refractivity contribution in [1.82, 2.24) is 10.3 Å². The largest absolute Gasteiger partial charge is 0.341 e. The van der Waals surface area contributed by atoms with E-state index in [4.69, 9.17) is 5.84 Å². The third kappa shape index (κ3) is 2.17. The highest BCUT2D eigenvalue weighted by Gasteiger charge is 2.19. The number of piperidine rings is 1. The van der Waals surface area contributed by atoms with Gasteiger partial charge >= 0.3 is 0 Å². The zero-order valence-electron chi connectivity index (χ0n) is 6.84. The summed E-state index contributed by atoms with van der Waals surface area (Å²) < 4.78 is 0. The first-order chi connectivity index (χ1) is 5.24. The fourth-order valence-corrected chi connectivity index (χ4v) is 1.40. The van der Waals surface area contributed by atoms with Crippen molar-refractivity contribution in [3.05, 3.63) is 0 Å². The molecule has 0 aromatic carbocycles. The Hall–Kier alpha value is -0.610. The van der Waals surface area contributed by atoms with Crippen molar-refractivity contribution in [3.8, 4) is 0 Å². The van der Waals surface area contributed by atoms with Crippen molar-refractivity contribution in [3.63, 3.8) is 0 Å². The minimum Gasteiger partial charge on any atom is -0.341 e. The number of likely N-dealkylation sites (tertiary alicyclic amines) is 1. The molecule has 1 aliphatic heterocycles. The van der Waals surface area contributed by atoms with Crippen LogP contribution in [-0.2, 0) is 4.79 Å². The van der Waals surface area contributed by atoms with Gasteiger partial charge in [0.05, 0.1) is 0 Å². The Balaban J connectivity index is 2.39. The second kappa shape index (κ2) is 3.69. The summed E-state index contributed by atoms with van der Waals surface area (Å²) in [7, 11) is 0. The van der Waals surface area contributed by atoms with Gasteiger partial charge in [-0.15, -0.1) is 0 Å². The monoisotopic (exact) mass is 157 g/mol. The standard InChI is InChI=1S/C7H15N3O/c1-6(11)10-4-2-3-7(5-10)9-8/h7,9H,2-5,8H2,1H3/t7-/m0/s1. The van der Waals surface area contributed by atoms with Gasteiger partial charge in [0, 0.05) is 26.1 Å². The first-order valence-electron chi connectivity index (χ1n) is 3.95. The Morgan fingerprint density at radius 2 is 2.45 bits per heavy atom. The molecule has 11 heavy (non-hydrogen) atoms. The lowest BCUT2D eigenvalue weighted by molar-refractivity contribution is -0.130. The molecule has 4 nitrogen and oxygen atoms in total. The van der Waals surface area contributed by atoms with E-state index < -0.39 is 0 Å². The van der Waals surface area contributed by atoms with Crippen molar-refractivity contribution < 1.29 is 4.79 Å². The van der Waals surface area contributed by atoms with Crippen LogP contribution in [0.1, 0.15) is 19.8 Å². The van der Waals surface area contributed by atoms with E-state index in [0.717, 1.165) is 25.9 Å². The molecule has 1 saturated heterocycles. The first-order valence-corrected chi connectivity index (χ1v) is 3.95. The Kier molecular flexibility index (Phi) is 2.84. The van der Waals surface area contributed by atoms with Crippen LogP contribution in [0.5, 0.6) is 0 Å². The van der Waals surface area contributed by atoms with Crippen LogP contribution in [0.3, 0.4) is 0 Å². The molecule has 4 heteroatoms. The number of hydrogen-bond donors (Lipinski definition) is 2. The van der Waals surface area contributed by atoms with E-state index >= 15 is 0 Å². The molecule has 0 aromatic rings. The van der Waals surface area contributed by atoms with Crippen LogP contribution in [0.2, 0.25) is 0 Å². The molecule has 0 bridgehead atoms. The molecular weight excluding hydrogens is 142 g/mol. The highest BCUT2D eigenvalue weighted by molar-refractivity contribution is 5.73. The lowest BCUT2D eigenvalue weighted by Gasteiger charge is -2.31. The molecule has 1 atom stereocenters. The molecule has 0 spiro atoms. The second-order valence-electron chi connectivity index (χ2n) is 2.97. The number of rotatable bonds is 1. The third-order valence-electron chi connectivity index (χ3n) is 2.10. The molecule has 1 heterocycles. The van der Waals surface area contributed by atoms with Crippen molar-refractivity contribution >= 4 is 5.91 Å². The molecule has 1 aliphatic rings. The number of nitrogens with one attached hydrogen (secondary N) is 1. The van der Waals surface area contributed by atoms with Crippen molar-refractivity contribution in [2.24, 2.45) is 5.84 Å². The Bertz CT molecular complexity index is 149. The average molecular weight is 157 g/mol. The molecule has 3 N–H and O–H groups in total. The van der Waals surface area contributed by atoms with E-state index in [-0.39, 0.29) is 11.9 Å². The van der Waals surface area contributed by atoms with Crippen LogP contribution in [0.25, 0.3) is 0 Å². The number of nitrogens with zero attached hydrogens (tertiary/aromatic N) is 1. The predicted molar refractivity (Wildman–Crippen MR) is 42.6 cm³/mol.